The molecule has 0 aromatic rings. The van der Waals surface area contributed by atoms with Gasteiger partial charge in [-0.25, -0.2) is 12.5 Å². The van der Waals surface area contributed by atoms with Gasteiger partial charge < -0.3 is 0 Å². The summed E-state index contributed by atoms with van der Waals surface area (Å²) in [7, 11) is -7.95. The summed E-state index contributed by atoms with van der Waals surface area (Å²) in [6.07, 6.45) is 14.3. The third kappa shape index (κ3) is 13.9. The van der Waals surface area contributed by atoms with Crippen molar-refractivity contribution in [3.05, 3.63) is 0 Å². The standard InChI is InChI=1S/C24H54FO3PS2/c1-7-13-15-17-19-21-23-30(9-3,10-4)27-29(25,26)28-31(11-5,12-6)24-22-20-18-16-14-8-2/h7-24H2,1-6H3. The highest BCUT2D eigenvalue weighted by atomic mass is 32.3. The maximum atomic E-state index is 15.3. The molecule has 192 valence electrons. The van der Waals surface area contributed by atoms with E-state index in [4.69, 9.17) is 7.94 Å². The lowest BCUT2D eigenvalue weighted by Gasteiger charge is -2.42. The second kappa shape index (κ2) is 18.2. The van der Waals surface area contributed by atoms with Crippen LogP contribution in [0.4, 0.5) is 4.20 Å². The molecule has 3 nitrogen and oxygen atoms in total. The van der Waals surface area contributed by atoms with E-state index in [1.54, 1.807) is 0 Å². The van der Waals surface area contributed by atoms with E-state index in [-0.39, 0.29) is 0 Å². The van der Waals surface area contributed by atoms with E-state index in [9.17, 15) is 4.57 Å². The highest BCUT2D eigenvalue weighted by Crippen LogP contribution is 2.72. The van der Waals surface area contributed by atoms with Crippen LogP contribution in [-0.4, -0.2) is 34.5 Å². The van der Waals surface area contributed by atoms with Crippen molar-refractivity contribution in [2.45, 2.75) is 119 Å². The zero-order chi connectivity index (χ0) is 23.6. The maximum absolute atomic E-state index is 15.3. The average molecular weight is 505 g/mol. The highest BCUT2D eigenvalue weighted by molar-refractivity contribution is 8.33. The van der Waals surface area contributed by atoms with Gasteiger partial charge in [-0.15, -0.1) is 24.8 Å². The van der Waals surface area contributed by atoms with Gasteiger partial charge in [0, 0.05) is 0 Å². The fourth-order valence-electron chi connectivity index (χ4n) is 3.95. The molecule has 0 atom stereocenters. The van der Waals surface area contributed by atoms with Crippen molar-refractivity contribution in [1.29, 1.82) is 0 Å². The summed E-state index contributed by atoms with van der Waals surface area (Å²) in [5, 5.41) is 0. The quantitative estimate of drug-likeness (QED) is 0.109. The molecule has 0 aliphatic heterocycles. The lowest BCUT2D eigenvalue weighted by molar-refractivity contribution is 0.365. The van der Waals surface area contributed by atoms with Gasteiger partial charge in [0.25, 0.3) is 0 Å². The van der Waals surface area contributed by atoms with Crippen molar-refractivity contribution < 1.29 is 16.7 Å². The zero-order valence-electron chi connectivity index (χ0n) is 21.6. The third-order valence-electron chi connectivity index (χ3n) is 6.34. The number of hydrogen-bond acceptors (Lipinski definition) is 3. The Morgan fingerprint density at radius 2 is 0.839 bits per heavy atom. The van der Waals surface area contributed by atoms with Crippen molar-refractivity contribution in [2.75, 3.05) is 34.5 Å². The van der Waals surface area contributed by atoms with Crippen LogP contribution in [0.25, 0.3) is 0 Å². The van der Waals surface area contributed by atoms with Gasteiger partial charge in [-0.3, -0.25) is 0 Å². The Hall–Kier alpha value is 0.780. The topological polar surface area (TPSA) is 35.5 Å². The number of unbranched alkanes of at least 4 members (excludes halogenated alkanes) is 10. The molecule has 0 fully saturated rings. The Labute approximate surface area is 198 Å². The van der Waals surface area contributed by atoms with Gasteiger partial charge in [0.15, 0.2) is 0 Å². The van der Waals surface area contributed by atoms with Crippen molar-refractivity contribution in [1.82, 2.24) is 0 Å². The van der Waals surface area contributed by atoms with E-state index in [2.05, 4.69) is 13.8 Å². The Bertz CT molecular complexity index is 434. The molecule has 0 saturated heterocycles. The Balaban J connectivity index is 4.87. The van der Waals surface area contributed by atoms with Crippen LogP contribution in [0, 0.1) is 0 Å². The molecule has 0 N–H and O–H groups in total. The van der Waals surface area contributed by atoms with Crippen LogP contribution in [-0.2, 0) is 12.5 Å². The van der Waals surface area contributed by atoms with Gasteiger partial charge in [-0.05, 0) is 47.4 Å². The summed E-state index contributed by atoms with van der Waals surface area (Å²) in [4.78, 5) is 0. The largest absolute Gasteiger partial charge is 0.532 e. The minimum Gasteiger partial charge on any atom is -0.233 e. The SMILES string of the molecule is CCCCCCCCS(CC)(CC)OP(=O)(F)OS(CC)(CC)CCCCCCCC. The molecular weight excluding hydrogens is 450 g/mol. The monoisotopic (exact) mass is 504 g/mol. The summed E-state index contributed by atoms with van der Waals surface area (Å²) in [5.41, 5.74) is 0. The lowest BCUT2D eigenvalue weighted by Crippen LogP contribution is -2.17. The first-order valence-electron chi connectivity index (χ1n) is 13.0. The first-order chi connectivity index (χ1) is 14.8. The molecule has 0 saturated carbocycles. The molecule has 0 aromatic heterocycles. The predicted molar refractivity (Wildman–Crippen MR) is 145 cm³/mol. The molecule has 0 bridgehead atoms. The Morgan fingerprint density at radius 1 is 0.548 bits per heavy atom. The average Bonchev–Trinajstić information content (AvgIpc) is 2.76. The smallest absolute Gasteiger partial charge is 0.233 e. The molecule has 31 heavy (non-hydrogen) atoms. The number of rotatable bonds is 22. The van der Waals surface area contributed by atoms with Gasteiger partial charge >= 0.3 is 7.91 Å². The molecule has 0 aromatic carbocycles. The molecule has 0 aliphatic carbocycles. The number of halogens is 1. The first kappa shape index (κ1) is 31.8. The fraction of sp³-hybridized carbons (Fsp3) is 1.00. The molecule has 0 amide bonds. The Morgan fingerprint density at radius 3 is 1.13 bits per heavy atom. The minimum absolute atomic E-state index is 0.744. The predicted octanol–water partition coefficient (Wildman–Crippen LogP) is 10.3. The molecule has 0 spiro atoms. The Kier molecular flexibility index (Phi) is 18.6. The normalized spacial score (nSPS) is 14.2. The van der Waals surface area contributed by atoms with Crippen LogP contribution in [0.2, 0.25) is 0 Å². The van der Waals surface area contributed by atoms with Gasteiger partial charge in [-0.1, -0.05) is 106 Å². The summed E-state index contributed by atoms with van der Waals surface area (Å²) in [6.45, 7) is 12.6. The summed E-state index contributed by atoms with van der Waals surface area (Å²) < 4.78 is 40.0. The zero-order valence-corrected chi connectivity index (χ0v) is 24.1. The van der Waals surface area contributed by atoms with E-state index in [1.807, 2.05) is 27.7 Å². The third-order valence-corrected chi connectivity index (χ3v) is 16.6. The van der Waals surface area contributed by atoms with Gasteiger partial charge in [0.2, 0.25) is 0 Å². The molecule has 0 heterocycles. The van der Waals surface area contributed by atoms with Crippen molar-refractivity contribution in [3.63, 3.8) is 0 Å². The summed E-state index contributed by atoms with van der Waals surface area (Å²) >= 11 is 0. The summed E-state index contributed by atoms with van der Waals surface area (Å²) in [5.74, 6) is 4.64. The van der Waals surface area contributed by atoms with E-state index in [0.717, 1.165) is 60.2 Å². The molecule has 0 aliphatic rings. The van der Waals surface area contributed by atoms with E-state index in [0.29, 0.717) is 0 Å². The van der Waals surface area contributed by atoms with E-state index < -0.39 is 28.5 Å². The van der Waals surface area contributed by atoms with Crippen LogP contribution >= 0.6 is 28.5 Å². The first-order valence-corrected chi connectivity index (χ1v) is 18.6. The highest BCUT2D eigenvalue weighted by Gasteiger charge is 2.40. The molecular formula is C24H54FO3PS2. The number of hydrogen-bond donors (Lipinski definition) is 0. The minimum atomic E-state index is -4.56. The molecule has 0 rings (SSSR count). The van der Waals surface area contributed by atoms with Crippen LogP contribution < -0.4 is 0 Å². The van der Waals surface area contributed by atoms with Crippen LogP contribution in [0.15, 0.2) is 0 Å². The van der Waals surface area contributed by atoms with Crippen molar-refractivity contribution >= 4 is 28.5 Å². The van der Waals surface area contributed by atoms with E-state index in [1.165, 1.54) is 51.4 Å². The van der Waals surface area contributed by atoms with Crippen molar-refractivity contribution in [3.8, 4) is 0 Å². The van der Waals surface area contributed by atoms with Crippen LogP contribution in [0.5, 0.6) is 0 Å². The lowest BCUT2D eigenvalue weighted by atomic mass is 10.1. The van der Waals surface area contributed by atoms with Gasteiger partial charge in [0.1, 0.15) is 0 Å². The molecule has 0 unspecified atom stereocenters. The molecule has 7 heteroatoms. The van der Waals surface area contributed by atoms with Gasteiger partial charge in [0.05, 0.1) is 0 Å². The van der Waals surface area contributed by atoms with Crippen molar-refractivity contribution in [2.24, 2.45) is 0 Å². The van der Waals surface area contributed by atoms with E-state index >= 15 is 4.20 Å². The summed E-state index contributed by atoms with van der Waals surface area (Å²) in [6, 6.07) is 0. The van der Waals surface area contributed by atoms with Crippen LogP contribution in [0.3, 0.4) is 0 Å². The maximum Gasteiger partial charge on any atom is 0.532 e. The fourth-order valence-corrected chi connectivity index (χ4v) is 13.0. The second-order valence-corrected chi connectivity index (χ2v) is 17.7. The van der Waals surface area contributed by atoms with Crippen LogP contribution in [0.1, 0.15) is 119 Å². The van der Waals surface area contributed by atoms with Gasteiger partial charge in [-0.2, -0.15) is 0 Å². The molecule has 0 radical (unpaired) electrons. The second-order valence-electron chi connectivity index (χ2n) is 8.61.